The van der Waals surface area contributed by atoms with Crippen LogP contribution in [0, 0.1) is 12.7 Å². The van der Waals surface area contributed by atoms with Crippen LogP contribution in [0.5, 0.6) is 0 Å². The maximum atomic E-state index is 14.9. The van der Waals surface area contributed by atoms with E-state index >= 15 is 0 Å². The fourth-order valence-corrected chi connectivity index (χ4v) is 6.29. The summed E-state index contributed by atoms with van der Waals surface area (Å²) < 4.78 is 43.8. The number of nitrogens with one attached hydrogen (secondary N) is 1. The first kappa shape index (κ1) is 30.7. The quantitative estimate of drug-likeness (QED) is 0.248. The molecule has 10 heteroatoms. The van der Waals surface area contributed by atoms with Crippen molar-refractivity contribution in [3.63, 3.8) is 0 Å². The summed E-state index contributed by atoms with van der Waals surface area (Å²) in [5.41, 5.74) is 1.63. The van der Waals surface area contributed by atoms with E-state index in [1.54, 1.807) is 49.4 Å². The van der Waals surface area contributed by atoms with Gasteiger partial charge in [0.15, 0.2) is 0 Å². The van der Waals surface area contributed by atoms with E-state index in [4.69, 9.17) is 11.6 Å². The zero-order valence-corrected chi connectivity index (χ0v) is 24.8. The molecule has 0 heterocycles. The van der Waals surface area contributed by atoms with E-state index in [9.17, 15) is 22.4 Å². The summed E-state index contributed by atoms with van der Waals surface area (Å²) in [5, 5.41) is 2.93. The van der Waals surface area contributed by atoms with Gasteiger partial charge in [-0.3, -0.25) is 13.9 Å². The van der Waals surface area contributed by atoms with Gasteiger partial charge in [-0.2, -0.15) is 0 Å². The molecule has 4 rings (SSSR count). The summed E-state index contributed by atoms with van der Waals surface area (Å²) in [4.78, 5) is 28.7. The molecule has 4 aromatic carbocycles. The Labute approximate surface area is 250 Å². The van der Waals surface area contributed by atoms with E-state index in [0.29, 0.717) is 10.6 Å². The Morgan fingerprint density at radius 3 is 2.14 bits per heavy atom. The maximum Gasteiger partial charge on any atom is 0.264 e. The van der Waals surface area contributed by atoms with Gasteiger partial charge in [0.1, 0.15) is 18.4 Å². The van der Waals surface area contributed by atoms with Gasteiger partial charge >= 0.3 is 0 Å². The molecule has 0 aliphatic rings. The van der Waals surface area contributed by atoms with Crippen LogP contribution in [0.4, 0.5) is 10.1 Å². The Hall–Kier alpha value is -4.21. The average molecular weight is 608 g/mol. The van der Waals surface area contributed by atoms with Gasteiger partial charge in [-0.05, 0) is 48.4 Å². The molecule has 0 radical (unpaired) electrons. The number of carbonyl (C=O) groups is 2. The lowest BCUT2D eigenvalue weighted by molar-refractivity contribution is -0.139. The molecule has 1 N–H and O–H groups in total. The van der Waals surface area contributed by atoms with Gasteiger partial charge in [0, 0.05) is 30.6 Å². The van der Waals surface area contributed by atoms with Crippen LogP contribution in [0.3, 0.4) is 0 Å². The highest BCUT2D eigenvalue weighted by Gasteiger charge is 2.35. The second kappa shape index (κ2) is 13.6. The van der Waals surface area contributed by atoms with Crippen molar-refractivity contribution >= 4 is 39.1 Å². The minimum absolute atomic E-state index is 0.0232. The summed E-state index contributed by atoms with van der Waals surface area (Å²) in [5.74, 6) is -1.72. The number of likely N-dealkylation sites (N-methyl/N-ethyl adjacent to an activating group) is 1. The summed E-state index contributed by atoms with van der Waals surface area (Å²) in [6.45, 7) is 0.745. The van der Waals surface area contributed by atoms with E-state index in [-0.39, 0.29) is 29.1 Å². The molecule has 0 aliphatic heterocycles. The van der Waals surface area contributed by atoms with Crippen LogP contribution in [-0.4, -0.2) is 44.8 Å². The molecule has 0 unspecified atom stereocenters. The van der Waals surface area contributed by atoms with E-state index in [2.05, 4.69) is 5.32 Å². The summed E-state index contributed by atoms with van der Waals surface area (Å²) in [6.07, 6.45) is 0.127. The Morgan fingerprint density at radius 2 is 1.50 bits per heavy atom. The molecular formula is C32H31ClFN3O4S. The van der Waals surface area contributed by atoms with Gasteiger partial charge in [0.2, 0.25) is 11.8 Å². The molecular weight excluding hydrogens is 577 g/mol. The van der Waals surface area contributed by atoms with Crippen molar-refractivity contribution < 1.29 is 22.4 Å². The van der Waals surface area contributed by atoms with Crippen LogP contribution >= 0.6 is 11.6 Å². The molecule has 0 fully saturated rings. The highest BCUT2D eigenvalue weighted by molar-refractivity contribution is 7.92. The van der Waals surface area contributed by atoms with Gasteiger partial charge in [-0.15, -0.1) is 0 Å². The minimum Gasteiger partial charge on any atom is -0.357 e. The van der Waals surface area contributed by atoms with Crippen molar-refractivity contribution in [2.24, 2.45) is 0 Å². The Morgan fingerprint density at radius 1 is 0.881 bits per heavy atom. The Kier molecular flexibility index (Phi) is 9.98. The number of sulfonamides is 1. The minimum atomic E-state index is -4.26. The zero-order valence-electron chi connectivity index (χ0n) is 23.2. The van der Waals surface area contributed by atoms with Crippen LogP contribution in [0.25, 0.3) is 0 Å². The standard InChI is InChI=1S/C32H31ClFN3O4S/c1-23-27(33)17-11-19-29(23)37(42(40,41)26-15-7-4-8-16-26)22-31(38)36(21-25-14-9-10-18-28(25)34)30(32(39)35-2)20-24-12-5-3-6-13-24/h3-19,30H,20-22H2,1-2H3,(H,35,39)/t30-/m1/s1. The molecule has 1 atom stereocenters. The number of amides is 2. The summed E-state index contributed by atoms with van der Waals surface area (Å²) in [6, 6.07) is 26.5. The third-order valence-corrected chi connectivity index (χ3v) is 9.12. The maximum absolute atomic E-state index is 14.9. The SMILES string of the molecule is CNC(=O)[C@@H](Cc1ccccc1)N(Cc1ccccc1F)C(=O)CN(c1cccc(Cl)c1C)S(=O)(=O)c1ccccc1. The van der Waals surface area contributed by atoms with Gasteiger partial charge in [0.25, 0.3) is 10.0 Å². The summed E-state index contributed by atoms with van der Waals surface area (Å²) >= 11 is 6.37. The number of nitrogens with zero attached hydrogens (tertiary/aromatic N) is 2. The normalized spacial score (nSPS) is 11.9. The molecule has 218 valence electrons. The van der Waals surface area contributed by atoms with Crippen molar-refractivity contribution in [3.8, 4) is 0 Å². The van der Waals surface area contributed by atoms with Crippen molar-refractivity contribution in [2.75, 3.05) is 17.9 Å². The largest absolute Gasteiger partial charge is 0.357 e. The van der Waals surface area contributed by atoms with E-state index in [1.807, 2.05) is 30.3 Å². The molecule has 42 heavy (non-hydrogen) atoms. The lowest BCUT2D eigenvalue weighted by Crippen LogP contribution is -2.53. The number of halogens is 2. The van der Waals surface area contributed by atoms with Crippen LogP contribution in [0.15, 0.2) is 108 Å². The monoisotopic (exact) mass is 607 g/mol. The number of carbonyl (C=O) groups excluding carboxylic acids is 2. The zero-order chi connectivity index (χ0) is 30.3. The van der Waals surface area contributed by atoms with Crippen molar-refractivity contribution in [1.29, 1.82) is 0 Å². The number of rotatable bonds is 11. The van der Waals surface area contributed by atoms with Gasteiger partial charge in [-0.25, -0.2) is 12.8 Å². The van der Waals surface area contributed by atoms with Crippen LogP contribution in [-0.2, 0) is 32.6 Å². The van der Waals surface area contributed by atoms with Gasteiger partial charge < -0.3 is 10.2 Å². The molecule has 4 aromatic rings. The second-order valence-corrected chi connectivity index (χ2v) is 11.9. The second-order valence-electron chi connectivity index (χ2n) is 9.64. The third kappa shape index (κ3) is 6.98. The Bertz CT molecular complexity index is 1650. The number of hydrogen-bond donors (Lipinski definition) is 1. The molecule has 0 saturated heterocycles. The van der Waals surface area contributed by atoms with E-state index < -0.39 is 40.2 Å². The van der Waals surface area contributed by atoms with Crippen LogP contribution in [0.1, 0.15) is 16.7 Å². The first-order chi connectivity index (χ1) is 20.1. The molecule has 0 aliphatic carbocycles. The van der Waals surface area contributed by atoms with Crippen LogP contribution in [0.2, 0.25) is 5.02 Å². The number of hydrogen-bond acceptors (Lipinski definition) is 4. The Balaban J connectivity index is 1.82. The molecule has 7 nitrogen and oxygen atoms in total. The van der Waals surface area contributed by atoms with Crippen LogP contribution < -0.4 is 9.62 Å². The predicted octanol–water partition coefficient (Wildman–Crippen LogP) is 5.37. The van der Waals surface area contributed by atoms with Crippen molar-refractivity contribution in [3.05, 3.63) is 131 Å². The topological polar surface area (TPSA) is 86.8 Å². The van der Waals surface area contributed by atoms with Gasteiger partial charge in [0.05, 0.1) is 10.6 Å². The first-order valence-electron chi connectivity index (χ1n) is 13.2. The van der Waals surface area contributed by atoms with E-state index in [1.165, 1.54) is 42.3 Å². The predicted molar refractivity (Wildman–Crippen MR) is 162 cm³/mol. The average Bonchev–Trinajstić information content (AvgIpc) is 3.00. The third-order valence-electron chi connectivity index (χ3n) is 6.93. The lowest BCUT2D eigenvalue weighted by Gasteiger charge is -2.34. The van der Waals surface area contributed by atoms with Gasteiger partial charge in [-0.1, -0.05) is 84.4 Å². The molecule has 0 bridgehead atoms. The van der Waals surface area contributed by atoms with E-state index in [0.717, 1.165) is 9.87 Å². The molecule has 0 saturated carbocycles. The van der Waals surface area contributed by atoms with Crippen molar-refractivity contribution in [1.82, 2.24) is 10.2 Å². The fourth-order valence-electron chi connectivity index (χ4n) is 4.63. The smallest absolute Gasteiger partial charge is 0.264 e. The number of anilines is 1. The number of benzene rings is 4. The first-order valence-corrected chi connectivity index (χ1v) is 15.1. The fraction of sp³-hybridized carbons (Fsp3) is 0.188. The molecule has 0 aromatic heterocycles. The molecule has 2 amide bonds. The highest BCUT2D eigenvalue weighted by Crippen LogP contribution is 2.31. The van der Waals surface area contributed by atoms with Crippen molar-refractivity contribution in [2.45, 2.75) is 30.8 Å². The molecule has 0 spiro atoms. The lowest BCUT2D eigenvalue weighted by atomic mass is 10.0. The highest BCUT2D eigenvalue weighted by atomic mass is 35.5. The summed E-state index contributed by atoms with van der Waals surface area (Å²) in [7, 11) is -2.81.